The van der Waals surface area contributed by atoms with Crippen molar-refractivity contribution in [3.63, 3.8) is 0 Å². The van der Waals surface area contributed by atoms with E-state index >= 15 is 0 Å². The first-order valence-corrected chi connectivity index (χ1v) is 16.0. The summed E-state index contributed by atoms with van der Waals surface area (Å²) in [6.07, 6.45) is 0.227. The van der Waals surface area contributed by atoms with Gasteiger partial charge in [-0.1, -0.05) is 102 Å². The Labute approximate surface area is 263 Å². The summed E-state index contributed by atoms with van der Waals surface area (Å²) >= 11 is 12.6. The van der Waals surface area contributed by atoms with Crippen LogP contribution in [0.3, 0.4) is 0 Å². The molecule has 0 saturated heterocycles. The number of hydrogen-bond acceptors (Lipinski definition) is 4. The zero-order valence-corrected chi connectivity index (χ0v) is 26.2. The number of amides is 2. The number of carbonyl (C=O) groups is 2. The van der Waals surface area contributed by atoms with Gasteiger partial charge in [-0.15, -0.1) is 0 Å². The van der Waals surface area contributed by atoms with Crippen molar-refractivity contribution in [1.29, 1.82) is 0 Å². The summed E-state index contributed by atoms with van der Waals surface area (Å²) in [5.74, 6) is -0.917. The van der Waals surface area contributed by atoms with E-state index < -0.39 is 28.5 Å². The highest BCUT2D eigenvalue weighted by Crippen LogP contribution is 2.33. The molecule has 0 aliphatic carbocycles. The molecule has 7 nitrogen and oxygen atoms in total. The number of carbonyl (C=O) groups excluding carboxylic acids is 2. The van der Waals surface area contributed by atoms with Crippen LogP contribution in [0.4, 0.5) is 5.69 Å². The van der Waals surface area contributed by atoms with Crippen molar-refractivity contribution in [1.82, 2.24) is 10.2 Å². The van der Waals surface area contributed by atoms with E-state index in [2.05, 4.69) is 5.32 Å². The maximum absolute atomic E-state index is 14.4. The summed E-state index contributed by atoms with van der Waals surface area (Å²) in [7, 11) is -4.26. The summed E-state index contributed by atoms with van der Waals surface area (Å²) in [6.45, 7) is 3.16. The number of anilines is 1. The lowest BCUT2D eigenvalue weighted by Crippen LogP contribution is -2.54. The zero-order valence-electron chi connectivity index (χ0n) is 23.9. The SMILES string of the molecule is CC(C)NC(=O)[C@H](Cc1ccccc1)N(Cc1ccccc1)C(=O)CN(c1ccc(Cl)cc1Cl)S(=O)(=O)c1ccccc1. The minimum absolute atomic E-state index is 0.0122. The predicted molar refractivity (Wildman–Crippen MR) is 172 cm³/mol. The molecule has 1 N–H and O–H groups in total. The van der Waals surface area contributed by atoms with Crippen molar-refractivity contribution >= 4 is 50.7 Å². The molecule has 1 atom stereocenters. The van der Waals surface area contributed by atoms with Gasteiger partial charge in [0.15, 0.2) is 0 Å². The van der Waals surface area contributed by atoms with Crippen LogP contribution in [0.1, 0.15) is 25.0 Å². The molecule has 2 amide bonds. The third-order valence-corrected chi connectivity index (χ3v) is 9.00. The molecule has 224 valence electrons. The molecule has 4 aromatic rings. The molecule has 0 saturated carbocycles. The normalized spacial score (nSPS) is 12.0. The van der Waals surface area contributed by atoms with E-state index in [1.54, 1.807) is 18.2 Å². The van der Waals surface area contributed by atoms with E-state index in [4.69, 9.17) is 23.2 Å². The second-order valence-corrected chi connectivity index (χ2v) is 13.0. The Hall–Kier alpha value is -3.85. The third kappa shape index (κ3) is 8.38. The van der Waals surface area contributed by atoms with Crippen molar-refractivity contribution in [3.05, 3.63) is 130 Å². The number of rotatable bonds is 12. The van der Waals surface area contributed by atoms with Crippen LogP contribution in [0, 0.1) is 0 Å². The molecule has 0 spiro atoms. The summed E-state index contributed by atoms with van der Waals surface area (Å²) in [5, 5.41) is 3.32. The summed E-state index contributed by atoms with van der Waals surface area (Å²) < 4.78 is 29.0. The highest BCUT2D eigenvalue weighted by atomic mass is 35.5. The standard InChI is InChI=1S/C33H33Cl2N3O4S/c1-24(2)36-33(40)31(20-25-12-6-3-7-13-25)37(22-26-14-8-4-9-15-26)32(39)23-38(30-19-18-27(34)21-29(30)35)43(41,42)28-16-10-5-11-17-28/h3-19,21,24,31H,20,22-23H2,1-2H3,(H,36,40)/t31-/m0/s1. The first kappa shape index (κ1) is 32.1. The maximum Gasteiger partial charge on any atom is 0.264 e. The van der Waals surface area contributed by atoms with E-state index in [1.807, 2.05) is 74.5 Å². The average Bonchev–Trinajstić information content (AvgIpc) is 2.99. The molecule has 0 aliphatic rings. The first-order chi connectivity index (χ1) is 20.6. The van der Waals surface area contributed by atoms with Gasteiger partial charge in [-0.2, -0.15) is 0 Å². The second kappa shape index (κ2) is 14.6. The molecule has 0 heterocycles. The van der Waals surface area contributed by atoms with Crippen molar-refractivity contribution in [2.45, 2.75) is 43.8 Å². The Kier molecular flexibility index (Phi) is 10.9. The van der Waals surface area contributed by atoms with Gasteiger partial charge in [0.1, 0.15) is 12.6 Å². The number of benzene rings is 4. The van der Waals surface area contributed by atoms with Gasteiger partial charge < -0.3 is 10.2 Å². The van der Waals surface area contributed by atoms with Gasteiger partial charge in [0, 0.05) is 24.0 Å². The van der Waals surface area contributed by atoms with Crippen LogP contribution in [0.15, 0.2) is 114 Å². The summed E-state index contributed by atoms with van der Waals surface area (Å²) in [4.78, 5) is 29.5. The lowest BCUT2D eigenvalue weighted by molar-refractivity contribution is -0.140. The molecule has 0 bridgehead atoms. The van der Waals surface area contributed by atoms with E-state index in [0.29, 0.717) is 5.02 Å². The lowest BCUT2D eigenvalue weighted by atomic mass is 10.0. The molecule has 4 aromatic carbocycles. The number of sulfonamides is 1. The topological polar surface area (TPSA) is 86.8 Å². The molecule has 0 fully saturated rings. The van der Waals surface area contributed by atoms with Gasteiger partial charge in [-0.25, -0.2) is 8.42 Å². The van der Waals surface area contributed by atoms with Crippen LogP contribution in [0.25, 0.3) is 0 Å². The Morgan fingerprint density at radius 3 is 1.91 bits per heavy atom. The molecule has 0 unspecified atom stereocenters. The van der Waals surface area contributed by atoms with E-state index in [0.717, 1.165) is 15.4 Å². The number of nitrogens with one attached hydrogen (secondary N) is 1. The van der Waals surface area contributed by atoms with E-state index in [9.17, 15) is 18.0 Å². The molecule has 43 heavy (non-hydrogen) atoms. The Bertz CT molecular complexity index is 1640. The van der Waals surface area contributed by atoms with Crippen molar-refractivity contribution in [2.24, 2.45) is 0 Å². The van der Waals surface area contributed by atoms with Crippen LogP contribution in [0.2, 0.25) is 10.0 Å². The highest BCUT2D eigenvalue weighted by Gasteiger charge is 2.35. The molecular formula is C33H33Cl2N3O4S. The maximum atomic E-state index is 14.4. The summed E-state index contributed by atoms with van der Waals surface area (Å²) in [5.41, 5.74) is 1.73. The van der Waals surface area contributed by atoms with Crippen LogP contribution < -0.4 is 9.62 Å². The molecular weight excluding hydrogens is 605 g/mol. The van der Waals surface area contributed by atoms with Crippen molar-refractivity contribution in [2.75, 3.05) is 10.8 Å². The predicted octanol–water partition coefficient (Wildman–Crippen LogP) is 6.35. The smallest absolute Gasteiger partial charge is 0.264 e. The third-order valence-electron chi connectivity index (χ3n) is 6.69. The van der Waals surface area contributed by atoms with Crippen molar-refractivity contribution in [3.8, 4) is 0 Å². The zero-order chi connectivity index (χ0) is 31.0. The summed E-state index contributed by atoms with van der Waals surface area (Å²) in [6, 6.07) is 29.7. The van der Waals surface area contributed by atoms with Crippen molar-refractivity contribution < 1.29 is 18.0 Å². The Balaban J connectivity index is 1.81. The van der Waals surface area contributed by atoms with Crippen LogP contribution in [-0.4, -0.2) is 43.8 Å². The molecule has 0 aromatic heterocycles. The van der Waals surface area contributed by atoms with E-state index in [-0.39, 0.29) is 40.5 Å². The minimum Gasteiger partial charge on any atom is -0.352 e. The molecule has 10 heteroatoms. The fourth-order valence-corrected chi connectivity index (χ4v) is 6.65. The van der Waals surface area contributed by atoms with Gasteiger partial charge in [0.05, 0.1) is 15.6 Å². The number of hydrogen-bond donors (Lipinski definition) is 1. The highest BCUT2D eigenvalue weighted by molar-refractivity contribution is 7.92. The average molecular weight is 639 g/mol. The lowest BCUT2D eigenvalue weighted by Gasteiger charge is -2.34. The number of halogens is 2. The van der Waals surface area contributed by atoms with Crippen LogP contribution in [0.5, 0.6) is 0 Å². The molecule has 0 radical (unpaired) electrons. The first-order valence-electron chi connectivity index (χ1n) is 13.8. The van der Waals surface area contributed by atoms with Crippen LogP contribution >= 0.6 is 23.2 Å². The minimum atomic E-state index is -4.26. The van der Waals surface area contributed by atoms with Crippen LogP contribution in [-0.2, 0) is 32.6 Å². The molecule has 4 rings (SSSR count). The van der Waals surface area contributed by atoms with Gasteiger partial charge in [-0.05, 0) is 55.3 Å². The second-order valence-electron chi connectivity index (χ2n) is 10.3. The van der Waals surface area contributed by atoms with Gasteiger partial charge in [0.25, 0.3) is 10.0 Å². The van der Waals surface area contributed by atoms with E-state index in [1.165, 1.54) is 35.2 Å². The monoisotopic (exact) mass is 637 g/mol. The molecule has 0 aliphatic heterocycles. The fraction of sp³-hybridized carbons (Fsp3) is 0.212. The van der Waals surface area contributed by atoms with Gasteiger partial charge >= 0.3 is 0 Å². The van der Waals surface area contributed by atoms with Gasteiger partial charge in [0.2, 0.25) is 11.8 Å². The van der Waals surface area contributed by atoms with Gasteiger partial charge in [-0.3, -0.25) is 13.9 Å². The largest absolute Gasteiger partial charge is 0.352 e. The quantitative estimate of drug-likeness (QED) is 0.196. The number of nitrogens with zero attached hydrogens (tertiary/aromatic N) is 2. The fourth-order valence-electron chi connectivity index (χ4n) is 4.63. The Morgan fingerprint density at radius 1 is 0.791 bits per heavy atom. The Morgan fingerprint density at radius 2 is 1.35 bits per heavy atom.